The molecule has 2 aliphatic carbocycles. The van der Waals surface area contributed by atoms with Crippen LogP contribution in [0.4, 0.5) is 0 Å². The Labute approximate surface area is 219 Å². The standard InChI is InChI=1S/C26H30ClN3O3S2/c1-28-17-15-24(32)29-22-6-3-5-20(10-13-22)23-14-16-26(23,18-31)30-35(33)25(34)7-2-4-19-8-11-21(27)12-9-19/h2-12,18,23,28,30,34H,13-17H2,1H3,(H,29,32)/b4-2+,25-7+. The van der Waals surface area contributed by atoms with E-state index in [9.17, 15) is 13.8 Å². The van der Waals surface area contributed by atoms with E-state index in [-0.39, 0.29) is 11.8 Å². The number of carbonyl (C=O) groups excluding carboxylic acids is 2. The quantitative estimate of drug-likeness (QED) is 0.196. The van der Waals surface area contributed by atoms with Gasteiger partial charge in [-0.25, -0.2) is 8.93 Å². The highest BCUT2D eigenvalue weighted by Gasteiger charge is 2.49. The Bertz CT molecular complexity index is 1110. The fourth-order valence-electron chi connectivity index (χ4n) is 3.92. The van der Waals surface area contributed by atoms with Crippen molar-refractivity contribution in [2.45, 2.75) is 31.2 Å². The molecule has 3 unspecified atom stereocenters. The van der Waals surface area contributed by atoms with Crippen molar-refractivity contribution in [1.29, 1.82) is 0 Å². The molecule has 0 heterocycles. The summed E-state index contributed by atoms with van der Waals surface area (Å²) >= 11 is 10.3. The number of hydrogen-bond donors (Lipinski definition) is 4. The highest BCUT2D eigenvalue weighted by Crippen LogP contribution is 2.43. The number of carbonyl (C=O) groups is 2. The number of hydrogen-bond acceptors (Lipinski definition) is 5. The lowest BCUT2D eigenvalue weighted by Gasteiger charge is -2.46. The minimum Gasteiger partial charge on any atom is -0.329 e. The van der Waals surface area contributed by atoms with E-state index in [1.807, 2.05) is 42.5 Å². The third-order valence-corrected chi connectivity index (χ3v) is 7.98. The van der Waals surface area contributed by atoms with Crippen molar-refractivity contribution in [2.24, 2.45) is 5.92 Å². The van der Waals surface area contributed by atoms with Crippen LogP contribution in [0.15, 0.2) is 76.2 Å². The third-order valence-electron chi connectivity index (χ3n) is 6.00. The number of halogens is 1. The van der Waals surface area contributed by atoms with Crippen molar-refractivity contribution in [2.75, 3.05) is 13.6 Å². The van der Waals surface area contributed by atoms with Crippen LogP contribution in [-0.2, 0) is 20.6 Å². The van der Waals surface area contributed by atoms with Gasteiger partial charge in [0.1, 0.15) is 17.3 Å². The zero-order chi connectivity index (χ0) is 25.3. The molecule has 0 saturated heterocycles. The number of thiol groups is 1. The lowest BCUT2D eigenvalue weighted by Crippen LogP contribution is -2.60. The van der Waals surface area contributed by atoms with E-state index in [1.165, 1.54) is 0 Å². The molecule has 6 nitrogen and oxygen atoms in total. The van der Waals surface area contributed by atoms with Crippen molar-refractivity contribution in [3.63, 3.8) is 0 Å². The molecule has 1 fully saturated rings. The third kappa shape index (κ3) is 7.62. The number of nitrogens with one attached hydrogen (secondary N) is 3. The second-order valence-electron chi connectivity index (χ2n) is 8.40. The predicted molar refractivity (Wildman–Crippen MR) is 147 cm³/mol. The van der Waals surface area contributed by atoms with Gasteiger partial charge in [-0.15, -0.1) is 12.6 Å². The fourth-order valence-corrected chi connectivity index (χ4v) is 5.22. The van der Waals surface area contributed by atoms with Gasteiger partial charge in [0.05, 0.1) is 9.78 Å². The van der Waals surface area contributed by atoms with E-state index < -0.39 is 16.5 Å². The van der Waals surface area contributed by atoms with Gasteiger partial charge in [-0.2, -0.15) is 0 Å². The molecule has 1 aromatic carbocycles. The van der Waals surface area contributed by atoms with Crippen LogP contribution in [0.5, 0.6) is 0 Å². The first-order valence-electron chi connectivity index (χ1n) is 11.4. The minimum absolute atomic E-state index is 0.0444. The first kappa shape index (κ1) is 27.4. The summed E-state index contributed by atoms with van der Waals surface area (Å²) in [6.07, 6.45) is 16.2. The molecule has 0 spiro atoms. The van der Waals surface area contributed by atoms with Gasteiger partial charge in [0.15, 0.2) is 0 Å². The van der Waals surface area contributed by atoms with Crippen molar-refractivity contribution < 1.29 is 13.8 Å². The van der Waals surface area contributed by atoms with Crippen molar-refractivity contribution in [3.8, 4) is 0 Å². The highest BCUT2D eigenvalue weighted by atomic mass is 35.5. The average molecular weight is 532 g/mol. The first-order chi connectivity index (χ1) is 16.9. The molecular formula is C26H30ClN3O3S2. The largest absolute Gasteiger partial charge is 0.329 e. The van der Waals surface area contributed by atoms with Crippen LogP contribution in [0, 0.1) is 5.92 Å². The number of aldehydes is 1. The smallest absolute Gasteiger partial charge is 0.225 e. The lowest BCUT2D eigenvalue weighted by molar-refractivity contribution is -0.120. The summed E-state index contributed by atoms with van der Waals surface area (Å²) in [5.41, 5.74) is 1.81. The maximum absolute atomic E-state index is 12.9. The number of rotatable bonds is 11. The van der Waals surface area contributed by atoms with Gasteiger partial charge in [-0.05, 0) is 55.3 Å². The van der Waals surface area contributed by atoms with Gasteiger partial charge in [-0.1, -0.05) is 54.1 Å². The molecule has 0 radical (unpaired) electrons. The predicted octanol–water partition coefficient (Wildman–Crippen LogP) is 4.22. The molecule has 1 aromatic rings. The molecule has 1 amide bonds. The molecule has 9 heteroatoms. The molecular weight excluding hydrogens is 502 g/mol. The van der Waals surface area contributed by atoms with E-state index in [4.69, 9.17) is 11.6 Å². The van der Waals surface area contributed by atoms with E-state index in [0.29, 0.717) is 35.1 Å². The Kier molecular flexibility index (Phi) is 10.3. The van der Waals surface area contributed by atoms with Gasteiger partial charge in [0, 0.05) is 36.0 Å². The van der Waals surface area contributed by atoms with Gasteiger partial charge >= 0.3 is 0 Å². The maximum Gasteiger partial charge on any atom is 0.225 e. The van der Waals surface area contributed by atoms with Crippen LogP contribution in [0.2, 0.25) is 5.02 Å². The normalized spacial score (nSPS) is 23.2. The number of allylic oxidation sites excluding steroid dienone is 6. The van der Waals surface area contributed by atoms with E-state index in [0.717, 1.165) is 29.5 Å². The highest BCUT2D eigenvalue weighted by molar-refractivity contribution is 8.05. The van der Waals surface area contributed by atoms with Gasteiger partial charge in [0.2, 0.25) is 5.91 Å². The topological polar surface area (TPSA) is 87.3 Å². The molecule has 3 atom stereocenters. The molecule has 35 heavy (non-hydrogen) atoms. The zero-order valence-corrected chi connectivity index (χ0v) is 22.0. The van der Waals surface area contributed by atoms with Gasteiger partial charge in [0.25, 0.3) is 0 Å². The Hall–Kier alpha value is -2.23. The van der Waals surface area contributed by atoms with Gasteiger partial charge < -0.3 is 15.4 Å². The summed E-state index contributed by atoms with van der Waals surface area (Å²) in [5.74, 6) is -0.157. The molecule has 2 aliphatic rings. The molecule has 0 aliphatic heterocycles. The van der Waals surface area contributed by atoms with Crippen molar-refractivity contribution in [3.05, 3.63) is 86.8 Å². The molecule has 0 bridgehead atoms. The minimum atomic E-state index is -1.65. The Morgan fingerprint density at radius 1 is 1.31 bits per heavy atom. The Morgan fingerprint density at radius 2 is 2.09 bits per heavy atom. The SMILES string of the molecule is CNCCC(=O)NC1=CC=CC(C2CCC2(C=O)NS(=O)/C(S)=C/C=C/c2ccc(Cl)cc2)=CC1. The summed E-state index contributed by atoms with van der Waals surface area (Å²) in [5, 5.41) is 6.54. The maximum atomic E-state index is 12.9. The van der Waals surface area contributed by atoms with E-state index in [1.54, 1.807) is 31.3 Å². The molecule has 3 rings (SSSR count). The van der Waals surface area contributed by atoms with Crippen LogP contribution in [-0.4, -0.2) is 35.5 Å². The summed E-state index contributed by atoms with van der Waals surface area (Å²) < 4.78 is 16.2. The molecule has 0 aromatic heterocycles. The monoisotopic (exact) mass is 531 g/mol. The number of benzene rings is 1. The van der Waals surface area contributed by atoms with Crippen molar-refractivity contribution >= 4 is 53.5 Å². The Morgan fingerprint density at radius 3 is 2.74 bits per heavy atom. The van der Waals surface area contributed by atoms with E-state index in [2.05, 4.69) is 28.0 Å². The van der Waals surface area contributed by atoms with Crippen LogP contribution in [0.25, 0.3) is 6.08 Å². The lowest BCUT2D eigenvalue weighted by atomic mass is 9.64. The Balaban J connectivity index is 1.62. The number of amides is 1. The summed E-state index contributed by atoms with van der Waals surface area (Å²) in [7, 11) is 0.158. The first-order valence-corrected chi connectivity index (χ1v) is 13.3. The molecule has 186 valence electrons. The van der Waals surface area contributed by atoms with Gasteiger partial charge in [-0.3, -0.25) is 4.79 Å². The fraction of sp³-hybridized carbons (Fsp3) is 0.308. The molecule has 3 N–H and O–H groups in total. The summed E-state index contributed by atoms with van der Waals surface area (Å²) in [4.78, 5) is 24.2. The van der Waals surface area contributed by atoms with Crippen LogP contribution in [0.1, 0.15) is 31.2 Å². The second kappa shape index (κ2) is 13.2. The van der Waals surface area contributed by atoms with Crippen molar-refractivity contribution in [1.82, 2.24) is 15.4 Å². The summed E-state index contributed by atoms with van der Waals surface area (Å²) in [6, 6.07) is 7.35. The van der Waals surface area contributed by atoms with E-state index >= 15 is 0 Å². The molecule has 1 saturated carbocycles. The second-order valence-corrected chi connectivity index (χ2v) is 10.8. The van der Waals surface area contributed by atoms with Crippen LogP contribution >= 0.6 is 24.2 Å². The van der Waals surface area contributed by atoms with Crippen LogP contribution < -0.4 is 15.4 Å². The zero-order valence-electron chi connectivity index (χ0n) is 19.5. The average Bonchev–Trinajstić information content (AvgIpc) is 3.06. The summed E-state index contributed by atoms with van der Waals surface area (Å²) in [6.45, 7) is 0.612. The van der Waals surface area contributed by atoms with Crippen LogP contribution in [0.3, 0.4) is 0 Å².